The van der Waals surface area contributed by atoms with Gasteiger partial charge in [-0.1, -0.05) is 25.1 Å². The van der Waals surface area contributed by atoms with Gasteiger partial charge in [-0.05, 0) is 37.7 Å². The van der Waals surface area contributed by atoms with Crippen molar-refractivity contribution < 1.29 is 5.11 Å². The number of rotatable bonds is 4. The smallest absolute Gasteiger partial charge is 0.0682 e. The zero-order valence-electron chi connectivity index (χ0n) is 13.2. The highest BCUT2D eigenvalue weighted by Crippen LogP contribution is 2.36. The van der Waals surface area contributed by atoms with E-state index in [-0.39, 0.29) is 6.10 Å². The Hall–Kier alpha value is -1.39. The summed E-state index contributed by atoms with van der Waals surface area (Å²) in [5.74, 6) is 0.571. The highest BCUT2D eigenvalue weighted by atomic mass is 16.3. The predicted octanol–water partition coefficient (Wildman–Crippen LogP) is 2.66. The maximum Gasteiger partial charge on any atom is 0.0682 e. The molecule has 2 aromatic rings. The van der Waals surface area contributed by atoms with Crippen LogP contribution < -0.4 is 0 Å². The summed E-state index contributed by atoms with van der Waals surface area (Å²) < 4.78 is 2.14. The van der Waals surface area contributed by atoms with E-state index >= 15 is 0 Å². The average Bonchev–Trinajstić information content (AvgIpc) is 2.99. The van der Waals surface area contributed by atoms with Gasteiger partial charge in [0.1, 0.15) is 0 Å². The van der Waals surface area contributed by atoms with Crippen molar-refractivity contribution in [3.05, 3.63) is 30.5 Å². The molecule has 4 atom stereocenters. The zero-order chi connectivity index (χ0) is 15.1. The van der Waals surface area contributed by atoms with E-state index in [1.165, 1.54) is 23.7 Å². The lowest BCUT2D eigenvalue weighted by atomic mass is 9.98. The predicted molar refractivity (Wildman–Crippen MR) is 87.7 cm³/mol. The Bertz CT molecular complexity index is 639. The molecule has 1 aromatic heterocycles. The number of hydrogen-bond donors (Lipinski definition) is 1. The number of piperidine rings is 1. The van der Waals surface area contributed by atoms with Crippen LogP contribution in [0.1, 0.15) is 32.6 Å². The third-order valence-corrected chi connectivity index (χ3v) is 5.42. The van der Waals surface area contributed by atoms with Crippen LogP contribution in [0, 0.1) is 5.92 Å². The van der Waals surface area contributed by atoms with E-state index in [4.69, 9.17) is 0 Å². The molecular formula is C18H25N3O. The number of hydrogen-bond acceptors (Lipinski definition) is 3. The molecule has 4 nitrogen and oxygen atoms in total. The largest absolute Gasteiger partial charge is 0.393 e. The van der Waals surface area contributed by atoms with Crippen LogP contribution in [0.15, 0.2) is 30.5 Å². The van der Waals surface area contributed by atoms with Crippen LogP contribution in [0.25, 0.3) is 10.9 Å². The van der Waals surface area contributed by atoms with E-state index in [0.29, 0.717) is 18.0 Å². The lowest BCUT2D eigenvalue weighted by Gasteiger charge is -2.38. The lowest BCUT2D eigenvalue weighted by Crippen LogP contribution is -2.46. The summed E-state index contributed by atoms with van der Waals surface area (Å²) in [4.78, 5) is 2.66. The molecule has 22 heavy (non-hydrogen) atoms. The van der Waals surface area contributed by atoms with E-state index in [1.807, 2.05) is 6.20 Å². The number of benzene rings is 1. The quantitative estimate of drug-likeness (QED) is 0.943. The molecule has 2 aliphatic heterocycles. The Morgan fingerprint density at radius 3 is 2.68 bits per heavy atom. The molecule has 2 unspecified atom stereocenters. The van der Waals surface area contributed by atoms with Crippen LogP contribution >= 0.6 is 0 Å². The van der Waals surface area contributed by atoms with E-state index in [2.05, 4.69) is 45.9 Å². The molecule has 2 bridgehead atoms. The maximum absolute atomic E-state index is 9.93. The van der Waals surface area contributed by atoms with E-state index in [9.17, 15) is 5.11 Å². The SMILES string of the molecule is C[C@H](CN1C2CC[C@H]1CC(O)C2)Cn1ncc2ccccc21. The van der Waals surface area contributed by atoms with Gasteiger partial charge in [-0.3, -0.25) is 9.58 Å². The fourth-order valence-corrected chi connectivity index (χ4v) is 4.43. The van der Waals surface area contributed by atoms with Crippen LogP contribution in [-0.2, 0) is 6.54 Å². The maximum atomic E-state index is 9.93. The van der Waals surface area contributed by atoms with Crippen LogP contribution in [0.5, 0.6) is 0 Å². The molecule has 1 aromatic carbocycles. The molecule has 2 aliphatic rings. The molecule has 118 valence electrons. The number of para-hydroxylation sites is 1. The van der Waals surface area contributed by atoms with Gasteiger partial charge in [0.15, 0.2) is 0 Å². The summed E-state index contributed by atoms with van der Waals surface area (Å²) in [6.45, 7) is 4.41. The van der Waals surface area contributed by atoms with Crippen LogP contribution in [0.3, 0.4) is 0 Å². The van der Waals surface area contributed by atoms with Crippen LogP contribution in [-0.4, -0.2) is 44.5 Å². The minimum Gasteiger partial charge on any atom is -0.393 e. The van der Waals surface area contributed by atoms with Gasteiger partial charge in [0.05, 0.1) is 17.8 Å². The summed E-state index contributed by atoms with van der Waals surface area (Å²) >= 11 is 0. The molecule has 0 spiro atoms. The van der Waals surface area contributed by atoms with Crippen molar-refractivity contribution in [2.75, 3.05) is 6.54 Å². The molecule has 0 radical (unpaired) electrons. The van der Waals surface area contributed by atoms with E-state index in [0.717, 1.165) is 25.9 Å². The summed E-state index contributed by atoms with van der Waals surface area (Å²) in [7, 11) is 0. The summed E-state index contributed by atoms with van der Waals surface area (Å²) in [6, 6.07) is 9.62. The van der Waals surface area contributed by atoms with Gasteiger partial charge in [-0.25, -0.2) is 0 Å². The molecule has 0 amide bonds. The van der Waals surface area contributed by atoms with Gasteiger partial charge >= 0.3 is 0 Å². The van der Waals surface area contributed by atoms with Gasteiger partial charge in [0.2, 0.25) is 0 Å². The molecular weight excluding hydrogens is 274 g/mol. The van der Waals surface area contributed by atoms with Crippen molar-refractivity contribution in [2.45, 2.75) is 57.3 Å². The molecule has 4 heteroatoms. The Balaban J connectivity index is 1.44. The number of aliphatic hydroxyl groups excluding tert-OH is 1. The topological polar surface area (TPSA) is 41.3 Å². The monoisotopic (exact) mass is 299 g/mol. The second-order valence-corrected chi connectivity index (χ2v) is 7.20. The molecule has 4 rings (SSSR count). The number of aromatic nitrogens is 2. The standard InChI is InChI=1S/C18H25N3O/c1-13(11-20-15-6-7-16(20)9-17(22)8-15)12-21-18-5-3-2-4-14(18)10-19-21/h2-5,10,13,15-17,22H,6-9,11-12H2,1H3/t13-,15+,16?,17?/m1/s1. The zero-order valence-corrected chi connectivity index (χ0v) is 13.2. The fraction of sp³-hybridized carbons (Fsp3) is 0.611. The van der Waals surface area contributed by atoms with Gasteiger partial charge in [0, 0.05) is 30.6 Å². The number of nitrogens with zero attached hydrogens (tertiary/aromatic N) is 3. The summed E-state index contributed by atoms with van der Waals surface area (Å²) in [6.07, 6.45) is 6.35. The normalized spacial score (nSPS) is 30.0. The Morgan fingerprint density at radius 1 is 1.18 bits per heavy atom. The van der Waals surface area contributed by atoms with Gasteiger partial charge in [0.25, 0.3) is 0 Å². The average molecular weight is 299 g/mol. The first kappa shape index (κ1) is 14.2. The molecule has 2 fully saturated rings. The molecule has 3 heterocycles. The highest BCUT2D eigenvalue weighted by molar-refractivity contribution is 5.78. The fourth-order valence-electron chi connectivity index (χ4n) is 4.43. The third kappa shape index (κ3) is 2.55. The second-order valence-electron chi connectivity index (χ2n) is 7.20. The van der Waals surface area contributed by atoms with Crippen molar-refractivity contribution in [2.24, 2.45) is 5.92 Å². The second kappa shape index (κ2) is 5.67. The van der Waals surface area contributed by atoms with Crippen LogP contribution in [0.2, 0.25) is 0 Å². The Morgan fingerprint density at radius 2 is 1.91 bits per heavy atom. The van der Waals surface area contributed by atoms with Crippen molar-refractivity contribution in [1.29, 1.82) is 0 Å². The van der Waals surface area contributed by atoms with Crippen molar-refractivity contribution >= 4 is 10.9 Å². The minimum atomic E-state index is -0.0703. The first-order valence-corrected chi connectivity index (χ1v) is 8.55. The Kier molecular flexibility index (Phi) is 3.66. The number of aliphatic hydroxyl groups is 1. The minimum absolute atomic E-state index is 0.0703. The van der Waals surface area contributed by atoms with Crippen LogP contribution in [0.4, 0.5) is 0 Å². The summed E-state index contributed by atoms with van der Waals surface area (Å²) in [5, 5.41) is 15.7. The third-order valence-electron chi connectivity index (χ3n) is 5.42. The highest BCUT2D eigenvalue weighted by Gasteiger charge is 2.40. The first-order chi connectivity index (χ1) is 10.7. The summed E-state index contributed by atoms with van der Waals surface area (Å²) in [5.41, 5.74) is 1.23. The van der Waals surface area contributed by atoms with Crippen molar-refractivity contribution in [3.8, 4) is 0 Å². The van der Waals surface area contributed by atoms with E-state index in [1.54, 1.807) is 0 Å². The van der Waals surface area contributed by atoms with E-state index < -0.39 is 0 Å². The Labute approximate surface area is 131 Å². The van der Waals surface area contributed by atoms with Crippen molar-refractivity contribution in [1.82, 2.24) is 14.7 Å². The van der Waals surface area contributed by atoms with Gasteiger partial charge in [-0.15, -0.1) is 0 Å². The van der Waals surface area contributed by atoms with Gasteiger partial charge in [-0.2, -0.15) is 5.10 Å². The van der Waals surface area contributed by atoms with Crippen molar-refractivity contribution in [3.63, 3.8) is 0 Å². The molecule has 1 N–H and O–H groups in total. The number of fused-ring (bicyclic) bond motifs is 3. The van der Waals surface area contributed by atoms with Gasteiger partial charge < -0.3 is 5.11 Å². The first-order valence-electron chi connectivity index (χ1n) is 8.55. The molecule has 0 saturated carbocycles. The molecule has 2 saturated heterocycles. The molecule has 0 aliphatic carbocycles. The lowest BCUT2D eigenvalue weighted by molar-refractivity contribution is 0.0268.